The van der Waals surface area contributed by atoms with Gasteiger partial charge in [-0.2, -0.15) is 0 Å². The zero-order valence-corrected chi connectivity index (χ0v) is 13.6. The summed E-state index contributed by atoms with van der Waals surface area (Å²) in [6.07, 6.45) is 4.99. The first kappa shape index (κ1) is 14.5. The van der Waals surface area contributed by atoms with Crippen LogP contribution < -0.4 is 4.90 Å². The van der Waals surface area contributed by atoms with Gasteiger partial charge in [-0.05, 0) is 12.1 Å². The highest BCUT2D eigenvalue weighted by Gasteiger charge is 2.42. The highest BCUT2D eigenvalue weighted by Crippen LogP contribution is 2.34. The van der Waals surface area contributed by atoms with E-state index < -0.39 is 0 Å². The van der Waals surface area contributed by atoms with Crippen molar-refractivity contribution in [3.8, 4) is 0 Å². The Morgan fingerprint density at radius 1 is 1.17 bits per heavy atom. The van der Waals surface area contributed by atoms with Crippen molar-refractivity contribution in [1.29, 1.82) is 0 Å². The Hall–Kier alpha value is -2.08. The van der Waals surface area contributed by atoms with Crippen molar-refractivity contribution in [3.63, 3.8) is 0 Å². The van der Waals surface area contributed by atoms with Gasteiger partial charge < -0.3 is 14.4 Å². The van der Waals surface area contributed by atoms with Crippen molar-refractivity contribution in [2.24, 2.45) is 18.9 Å². The lowest BCUT2D eigenvalue weighted by Crippen LogP contribution is -2.34. The van der Waals surface area contributed by atoms with E-state index in [4.69, 9.17) is 11.6 Å². The molecular formula is C16H18ClN5O. The fourth-order valence-electron chi connectivity index (χ4n) is 3.63. The molecule has 2 aromatic rings. The summed E-state index contributed by atoms with van der Waals surface area (Å²) in [4.78, 5) is 25.2. The number of hydrogen-bond acceptors (Lipinski definition) is 4. The van der Waals surface area contributed by atoms with Gasteiger partial charge in [-0.25, -0.2) is 9.97 Å². The molecule has 0 N–H and O–H groups in total. The van der Waals surface area contributed by atoms with Crippen molar-refractivity contribution < 1.29 is 4.79 Å². The molecule has 2 unspecified atom stereocenters. The molecule has 2 atom stereocenters. The number of amides is 1. The lowest BCUT2D eigenvalue weighted by molar-refractivity contribution is 0.0773. The van der Waals surface area contributed by atoms with E-state index >= 15 is 0 Å². The van der Waals surface area contributed by atoms with Crippen molar-refractivity contribution >= 4 is 23.3 Å². The molecule has 0 aliphatic carbocycles. The normalized spacial score (nSPS) is 23.4. The summed E-state index contributed by atoms with van der Waals surface area (Å²) in [5, 5.41) is 0.654. The maximum atomic E-state index is 12.6. The van der Waals surface area contributed by atoms with E-state index in [0.29, 0.717) is 22.6 Å². The Morgan fingerprint density at radius 3 is 2.48 bits per heavy atom. The Balaban J connectivity index is 1.43. The van der Waals surface area contributed by atoms with Crippen LogP contribution in [-0.2, 0) is 7.05 Å². The molecule has 6 nitrogen and oxygen atoms in total. The minimum absolute atomic E-state index is 0.0792. The molecule has 2 aromatic heterocycles. The van der Waals surface area contributed by atoms with Gasteiger partial charge in [0.15, 0.2) is 0 Å². The van der Waals surface area contributed by atoms with E-state index in [1.165, 1.54) is 0 Å². The second kappa shape index (κ2) is 5.53. The molecule has 4 rings (SSSR count). The number of nitrogens with zero attached hydrogens (tertiary/aromatic N) is 5. The van der Waals surface area contributed by atoms with Crippen molar-refractivity contribution in [2.75, 3.05) is 31.1 Å². The van der Waals surface area contributed by atoms with E-state index in [2.05, 4.69) is 14.9 Å². The van der Waals surface area contributed by atoms with Crippen LogP contribution in [0.15, 0.2) is 30.9 Å². The molecule has 23 heavy (non-hydrogen) atoms. The lowest BCUT2D eigenvalue weighted by Gasteiger charge is -2.22. The number of carbonyl (C=O) groups is 1. The number of aromatic nitrogens is 3. The summed E-state index contributed by atoms with van der Waals surface area (Å²) in [6.45, 7) is 3.49. The fraction of sp³-hybridized carbons (Fsp3) is 0.438. The summed E-state index contributed by atoms with van der Waals surface area (Å²) in [6, 6.07) is 3.83. The molecule has 2 saturated heterocycles. The van der Waals surface area contributed by atoms with Gasteiger partial charge in [0.1, 0.15) is 11.5 Å². The highest BCUT2D eigenvalue weighted by atomic mass is 35.5. The Labute approximate surface area is 139 Å². The third kappa shape index (κ3) is 2.57. The highest BCUT2D eigenvalue weighted by molar-refractivity contribution is 6.30. The number of anilines is 1. The number of halogens is 1. The van der Waals surface area contributed by atoms with Crippen LogP contribution >= 0.6 is 11.6 Å². The maximum Gasteiger partial charge on any atom is 0.272 e. The number of pyridine rings is 1. The SMILES string of the molecule is Cn1cncc1C(=O)N1CC2CN(c3ccc(Cl)cn3)CC2C1. The van der Waals surface area contributed by atoms with Gasteiger partial charge in [0.2, 0.25) is 0 Å². The zero-order valence-electron chi connectivity index (χ0n) is 12.9. The van der Waals surface area contributed by atoms with Gasteiger partial charge in [0, 0.05) is 51.3 Å². The molecule has 0 saturated carbocycles. The quantitative estimate of drug-likeness (QED) is 0.840. The lowest BCUT2D eigenvalue weighted by atomic mass is 10.0. The fourth-order valence-corrected chi connectivity index (χ4v) is 3.74. The smallest absolute Gasteiger partial charge is 0.272 e. The van der Waals surface area contributed by atoms with Gasteiger partial charge in [0.25, 0.3) is 5.91 Å². The molecule has 2 aliphatic heterocycles. The topological polar surface area (TPSA) is 54.3 Å². The second-order valence-corrected chi connectivity index (χ2v) is 6.80. The predicted molar refractivity (Wildman–Crippen MR) is 87.6 cm³/mol. The Morgan fingerprint density at radius 2 is 1.91 bits per heavy atom. The van der Waals surface area contributed by atoms with Crippen molar-refractivity contribution in [1.82, 2.24) is 19.4 Å². The summed E-state index contributed by atoms with van der Waals surface area (Å²) in [5.74, 6) is 2.05. The first-order valence-corrected chi connectivity index (χ1v) is 8.11. The van der Waals surface area contributed by atoms with Crippen LogP contribution in [0.2, 0.25) is 5.02 Å². The third-order valence-corrected chi connectivity index (χ3v) is 5.07. The standard InChI is InChI=1S/C16H18ClN5O/c1-20-10-18-5-14(20)16(23)22-8-11-6-21(7-12(11)9-22)15-3-2-13(17)4-19-15/h2-5,10-12H,6-9H2,1H3. The monoisotopic (exact) mass is 331 g/mol. The molecule has 0 aromatic carbocycles. The summed E-state index contributed by atoms with van der Waals surface area (Å²) >= 11 is 5.90. The van der Waals surface area contributed by atoms with E-state index in [-0.39, 0.29) is 5.91 Å². The Kier molecular flexibility index (Phi) is 3.49. The maximum absolute atomic E-state index is 12.6. The van der Waals surface area contributed by atoms with Gasteiger partial charge in [0.05, 0.1) is 17.5 Å². The van der Waals surface area contributed by atoms with Crippen LogP contribution in [0.5, 0.6) is 0 Å². The van der Waals surface area contributed by atoms with Crippen LogP contribution in [0.25, 0.3) is 0 Å². The molecule has 120 valence electrons. The van der Waals surface area contributed by atoms with Crippen LogP contribution in [0, 0.1) is 11.8 Å². The molecule has 2 fully saturated rings. The van der Waals surface area contributed by atoms with Crippen LogP contribution in [0.3, 0.4) is 0 Å². The third-order valence-electron chi connectivity index (χ3n) is 4.85. The van der Waals surface area contributed by atoms with Gasteiger partial charge >= 0.3 is 0 Å². The summed E-state index contributed by atoms with van der Waals surface area (Å²) in [7, 11) is 1.85. The molecule has 7 heteroatoms. The van der Waals surface area contributed by atoms with Gasteiger partial charge in [-0.3, -0.25) is 4.79 Å². The molecule has 4 heterocycles. The number of imidazole rings is 1. The minimum Gasteiger partial charge on any atom is -0.356 e. The van der Waals surface area contributed by atoms with E-state index in [1.807, 2.05) is 24.1 Å². The predicted octanol–water partition coefficient (Wildman–Crippen LogP) is 1.68. The average Bonchev–Trinajstić information content (AvgIpc) is 3.21. The molecule has 2 aliphatic rings. The largest absolute Gasteiger partial charge is 0.356 e. The van der Waals surface area contributed by atoms with Crippen LogP contribution in [0.1, 0.15) is 10.5 Å². The van der Waals surface area contributed by atoms with Crippen LogP contribution in [0.4, 0.5) is 5.82 Å². The average molecular weight is 332 g/mol. The van der Waals surface area contributed by atoms with Gasteiger partial charge in [-0.15, -0.1) is 0 Å². The molecule has 1 amide bonds. The molecular weight excluding hydrogens is 314 g/mol. The Bertz CT molecular complexity index is 714. The van der Waals surface area contributed by atoms with Gasteiger partial charge in [-0.1, -0.05) is 11.6 Å². The number of aryl methyl sites for hydroxylation is 1. The number of likely N-dealkylation sites (tertiary alicyclic amines) is 1. The number of carbonyl (C=O) groups excluding carboxylic acids is 1. The zero-order chi connectivity index (χ0) is 16.0. The first-order chi connectivity index (χ1) is 11.1. The number of hydrogen-bond donors (Lipinski definition) is 0. The molecule has 0 bridgehead atoms. The minimum atomic E-state index is 0.0792. The van der Waals surface area contributed by atoms with Crippen LogP contribution in [-0.4, -0.2) is 51.5 Å². The molecule has 0 spiro atoms. The van der Waals surface area contributed by atoms with E-state index in [0.717, 1.165) is 32.0 Å². The molecule has 0 radical (unpaired) electrons. The summed E-state index contributed by atoms with van der Waals surface area (Å²) < 4.78 is 1.78. The number of rotatable bonds is 2. The second-order valence-electron chi connectivity index (χ2n) is 6.36. The summed E-state index contributed by atoms with van der Waals surface area (Å²) in [5.41, 5.74) is 0.654. The van der Waals surface area contributed by atoms with E-state index in [1.54, 1.807) is 23.3 Å². The van der Waals surface area contributed by atoms with Crippen molar-refractivity contribution in [2.45, 2.75) is 0 Å². The van der Waals surface area contributed by atoms with E-state index in [9.17, 15) is 4.79 Å². The number of fused-ring (bicyclic) bond motifs is 1. The first-order valence-electron chi connectivity index (χ1n) is 7.74. The van der Waals surface area contributed by atoms with Crippen molar-refractivity contribution in [3.05, 3.63) is 41.6 Å².